The first-order valence-corrected chi connectivity index (χ1v) is 5.92. The summed E-state index contributed by atoms with van der Waals surface area (Å²) < 4.78 is 5.75. The number of ether oxygens (including phenoxy) is 1. The quantitative estimate of drug-likeness (QED) is 0.813. The van der Waals surface area contributed by atoms with E-state index in [1.165, 1.54) is 0 Å². The Morgan fingerprint density at radius 3 is 2.56 bits per heavy atom. The second kappa shape index (κ2) is 5.88. The summed E-state index contributed by atoms with van der Waals surface area (Å²) in [6, 6.07) is 18.1. The molecular weight excluding hydrogens is 222 g/mol. The average Bonchev–Trinajstić information content (AvgIpc) is 2.37. The maximum Gasteiger partial charge on any atom is 0.120 e. The van der Waals surface area contributed by atoms with Gasteiger partial charge in [-0.2, -0.15) is 5.26 Å². The van der Waals surface area contributed by atoms with E-state index >= 15 is 0 Å². The Morgan fingerprint density at radius 2 is 1.83 bits per heavy atom. The van der Waals surface area contributed by atoms with Crippen LogP contribution in [0.5, 0.6) is 5.75 Å². The molecule has 2 rings (SSSR count). The van der Waals surface area contributed by atoms with Gasteiger partial charge in [0.25, 0.3) is 0 Å². The Balaban J connectivity index is 2.07. The van der Waals surface area contributed by atoms with Crippen molar-refractivity contribution in [2.24, 2.45) is 0 Å². The number of benzene rings is 2. The molecule has 0 heterocycles. The molecule has 90 valence electrons. The molecule has 0 atom stereocenters. The molecule has 0 N–H and O–H groups in total. The molecule has 0 fully saturated rings. The molecule has 0 saturated heterocycles. The molecule has 0 unspecified atom stereocenters. The third-order valence-corrected chi connectivity index (χ3v) is 2.64. The first-order valence-electron chi connectivity index (χ1n) is 5.92. The van der Waals surface area contributed by atoms with Crippen LogP contribution in [-0.2, 0) is 13.0 Å². The summed E-state index contributed by atoms with van der Waals surface area (Å²) in [5.41, 5.74) is 3.26. The number of aryl methyl sites for hydroxylation is 1. The Kier molecular flexibility index (Phi) is 3.98. The van der Waals surface area contributed by atoms with Crippen LogP contribution in [0.3, 0.4) is 0 Å². The Morgan fingerprint density at radius 1 is 1.06 bits per heavy atom. The van der Waals surface area contributed by atoms with Gasteiger partial charge in [0.2, 0.25) is 0 Å². The fourth-order valence-corrected chi connectivity index (χ4v) is 1.84. The third-order valence-electron chi connectivity index (χ3n) is 2.64. The van der Waals surface area contributed by atoms with Gasteiger partial charge in [0.1, 0.15) is 12.4 Å². The fraction of sp³-hybridized carbons (Fsp3) is 0.188. The minimum absolute atomic E-state index is 0.420. The second-order valence-electron chi connectivity index (χ2n) is 4.26. The van der Waals surface area contributed by atoms with Crippen molar-refractivity contribution in [3.8, 4) is 11.8 Å². The molecule has 0 aliphatic rings. The predicted octanol–water partition coefficient (Wildman–Crippen LogP) is 3.64. The van der Waals surface area contributed by atoms with Crippen molar-refractivity contribution in [2.75, 3.05) is 0 Å². The molecule has 2 aromatic rings. The molecular formula is C16H15NO. The maximum absolute atomic E-state index is 8.72. The van der Waals surface area contributed by atoms with Gasteiger partial charge in [0.05, 0.1) is 12.5 Å². The molecule has 2 aromatic carbocycles. The summed E-state index contributed by atoms with van der Waals surface area (Å²) in [6.45, 7) is 2.56. The van der Waals surface area contributed by atoms with Crippen molar-refractivity contribution in [1.29, 1.82) is 5.26 Å². The van der Waals surface area contributed by atoms with Crippen molar-refractivity contribution >= 4 is 0 Å². The summed E-state index contributed by atoms with van der Waals surface area (Å²) in [5, 5.41) is 8.72. The standard InChI is InChI=1S/C16H15NO/c1-13-9-15(7-8-17)11-16(10-13)18-12-14-5-3-2-4-6-14/h2-6,9-11H,7,12H2,1H3. The van der Waals surface area contributed by atoms with Gasteiger partial charge in [-0.05, 0) is 35.7 Å². The molecule has 0 aliphatic carbocycles. The van der Waals surface area contributed by atoms with Crippen LogP contribution in [0.4, 0.5) is 0 Å². The molecule has 0 spiro atoms. The minimum Gasteiger partial charge on any atom is -0.489 e. The van der Waals surface area contributed by atoms with Crippen LogP contribution in [-0.4, -0.2) is 0 Å². The van der Waals surface area contributed by atoms with Crippen molar-refractivity contribution < 1.29 is 4.74 Å². The number of hydrogen-bond donors (Lipinski definition) is 0. The second-order valence-corrected chi connectivity index (χ2v) is 4.26. The summed E-state index contributed by atoms with van der Waals surface area (Å²) in [5.74, 6) is 0.823. The highest BCUT2D eigenvalue weighted by atomic mass is 16.5. The van der Waals surface area contributed by atoms with E-state index in [2.05, 4.69) is 6.07 Å². The summed E-state index contributed by atoms with van der Waals surface area (Å²) in [4.78, 5) is 0. The number of hydrogen-bond acceptors (Lipinski definition) is 2. The highest BCUT2D eigenvalue weighted by molar-refractivity contribution is 5.35. The van der Waals surface area contributed by atoms with Crippen LogP contribution >= 0.6 is 0 Å². The highest BCUT2D eigenvalue weighted by Crippen LogP contribution is 2.18. The van der Waals surface area contributed by atoms with E-state index in [0.717, 1.165) is 22.4 Å². The third kappa shape index (κ3) is 3.36. The van der Waals surface area contributed by atoms with Gasteiger partial charge in [-0.3, -0.25) is 0 Å². The number of rotatable bonds is 4. The van der Waals surface area contributed by atoms with Crippen LogP contribution in [0.1, 0.15) is 16.7 Å². The van der Waals surface area contributed by atoms with Gasteiger partial charge in [-0.25, -0.2) is 0 Å². The van der Waals surface area contributed by atoms with E-state index in [0.29, 0.717) is 13.0 Å². The van der Waals surface area contributed by atoms with Gasteiger partial charge in [0, 0.05) is 0 Å². The minimum atomic E-state index is 0.420. The molecule has 0 amide bonds. The number of nitriles is 1. The Labute approximate surface area is 107 Å². The molecule has 0 bridgehead atoms. The highest BCUT2D eigenvalue weighted by Gasteiger charge is 2.00. The molecule has 0 radical (unpaired) electrons. The van der Waals surface area contributed by atoms with Gasteiger partial charge >= 0.3 is 0 Å². The zero-order valence-electron chi connectivity index (χ0n) is 10.4. The van der Waals surface area contributed by atoms with Crippen LogP contribution in [0.2, 0.25) is 0 Å². The zero-order chi connectivity index (χ0) is 12.8. The summed E-state index contributed by atoms with van der Waals surface area (Å²) in [6.07, 6.45) is 0.420. The van der Waals surface area contributed by atoms with Gasteiger partial charge in [0.15, 0.2) is 0 Å². The summed E-state index contributed by atoms with van der Waals surface area (Å²) >= 11 is 0. The smallest absolute Gasteiger partial charge is 0.120 e. The van der Waals surface area contributed by atoms with Crippen molar-refractivity contribution in [2.45, 2.75) is 20.0 Å². The molecule has 0 aliphatic heterocycles. The van der Waals surface area contributed by atoms with Crippen LogP contribution in [0.15, 0.2) is 48.5 Å². The lowest BCUT2D eigenvalue weighted by atomic mass is 10.1. The van der Waals surface area contributed by atoms with Crippen LogP contribution in [0, 0.1) is 18.3 Å². The normalized spacial score (nSPS) is 9.78. The van der Waals surface area contributed by atoms with E-state index in [-0.39, 0.29) is 0 Å². The molecule has 18 heavy (non-hydrogen) atoms. The summed E-state index contributed by atoms with van der Waals surface area (Å²) in [7, 11) is 0. The van der Waals surface area contributed by atoms with Crippen LogP contribution in [0.25, 0.3) is 0 Å². The Hall–Kier alpha value is -2.27. The maximum atomic E-state index is 8.72. The van der Waals surface area contributed by atoms with E-state index in [9.17, 15) is 0 Å². The van der Waals surface area contributed by atoms with E-state index in [1.54, 1.807) is 0 Å². The van der Waals surface area contributed by atoms with E-state index < -0.39 is 0 Å². The fourth-order valence-electron chi connectivity index (χ4n) is 1.84. The molecule has 0 saturated carbocycles. The van der Waals surface area contributed by atoms with Gasteiger partial charge < -0.3 is 4.74 Å². The van der Waals surface area contributed by atoms with Crippen molar-refractivity contribution in [3.05, 3.63) is 65.2 Å². The first-order chi connectivity index (χ1) is 8.78. The number of nitrogens with zero attached hydrogens (tertiary/aromatic N) is 1. The molecule has 2 heteroatoms. The van der Waals surface area contributed by atoms with E-state index in [4.69, 9.17) is 10.00 Å². The predicted molar refractivity (Wildman–Crippen MR) is 71.3 cm³/mol. The lowest BCUT2D eigenvalue weighted by molar-refractivity contribution is 0.306. The lowest BCUT2D eigenvalue weighted by Gasteiger charge is -2.08. The topological polar surface area (TPSA) is 33.0 Å². The molecule has 2 nitrogen and oxygen atoms in total. The zero-order valence-corrected chi connectivity index (χ0v) is 10.4. The largest absolute Gasteiger partial charge is 0.489 e. The van der Waals surface area contributed by atoms with Crippen molar-refractivity contribution in [3.63, 3.8) is 0 Å². The first kappa shape index (κ1) is 12.2. The monoisotopic (exact) mass is 237 g/mol. The van der Waals surface area contributed by atoms with Gasteiger partial charge in [-0.15, -0.1) is 0 Å². The Bertz CT molecular complexity index is 555. The average molecular weight is 237 g/mol. The van der Waals surface area contributed by atoms with Crippen LogP contribution < -0.4 is 4.74 Å². The van der Waals surface area contributed by atoms with Crippen molar-refractivity contribution in [1.82, 2.24) is 0 Å². The SMILES string of the molecule is Cc1cc(CC#N)cc(OCc2ccccc2)c1. The van der Waals surface area contributed by atoms with E-state index in [1.807, 2.05) is 55.5 Å². The van der Waals surface area contributed by atoms with Gasteiger partial charge in [-0.1, -0.05) is 36.4 Å². The lowest BCUT2D eigenvalue weighted by Crippen LogP contribution is -1.96. The molecule has 0 aromatic heterocycles.